The van der Waals surface area contributed by atoms with E-state index in [1.807, 2.05) is 18.9 Å². The summed E-state index contributed by atoms with van der Waals surface area (Å²) in [7, 11) is 5.52. The standard InChI is InChI=1S/C45H65N5O3.H2O/c1-11-13-39-37-15-12-14-34(36(37)16-19-49(39)26-33(25-46)24-43(4,5)6)27-50-21-20-48(30-45(50)17-18-45)28-38-40(52-9)22-35(23-41(38)53-10)44(7)29-47(8)42(51)31(2)32(44)3;/h12,14-15,22-24,39,42,51H,11,13,16-21,26-30H2,1-10H3;1H2/b33-24+;/t39-,42?,44?;/m1./s1. The number of hydrogen-bond acceptors (Lipinski definition) is 8. The van der Waals surface area contributed by atoms with Gasteiger partial charge in [-0.3, -0.25) is 19.6 Å². The van der Waals surface area contributed by atoms with E-state index in [1.165, 1.54) is 29.5 Å². The van der Waals surface area contributed by atoms with Crippen molar-refractivity contribution in [3.05, 3.63) is 80.9 Å². The van der Waals surface area contributed by atoms with Crippen molar-refractivity contribution in [1.82, 2.24) is 19.6 Å². The van der Waals surface area contributed by atoms with Crippen molar-refractivity contribution in [2.45, 2.75) is 117 Å². The van der Waals surface area contributed by atoms with Crippen LogP contribution in [0.2, 0.25) is 0 Å². The van der Waals surface area contributed by atoms with Crippen molar-refractivity contribution in [1.29, 1.82) is 5.26 Å². The molecule has 0 amide bonds. The molecule has 1 aliphatic carbocycles. The number of aliphatic hydroxyl groups is 1. The van der Waals surface area contributed by atoms with Gasteiger partial charge in [0.15, 0.2) is 0 Å². The van der Waals surface area contributed by atoms with E-state index < -0.39 is 6.23 Å². The monoisotopic (exact) mass is 742 g/mol. The lowest BCUT2D eigenvalue weighted by Gasteiger charge is -2.44. The van der Waals surface area contributed by atoms with Crippen LogP contribution >= 0.6 is 0 Å². The minimum atomic E-state index is -0.556. The molecule has 2 fully saturated rings. The van der Waals surface area contributed by atoms with E-state index in [1.54, 1.807) is 19.8 Å². The van der Waals surface area contributed by atoms with Gasteiger partial charge in [-0.05, 0) is 92.0 Å². The van der Waals surface area contributed by atoms with Gasteiger partial charge in [0.2, 0.25) is 0 Å². The van der Waals surface area contributed by atoms with E-state index in [9.17, 15) is 10.4 Å². The molecule has 0 radical (unpaired) electrons. The third-order valence-corrected chi connectivity index (χ3v) is 12.9. The normalized spacial score (nSPS) is 25.3. The lowest BCUT2D eigenvalue weighted by atomic mass is 9.71. The lowest BCUT2D eigenvalue weighted by molar-refractivity contribution is 0.0281. The summed E-state index contributed by atoms with van der Waals surface area (Å²) in [6, 6.07) is 14.3. The highest BCUT2D eigenvalue weighted by Gasteiger charge is 2.51. The summed E-state index contributed by atoms with van der Waals surface area (Å²) in [6.45, 7) is 22.5. The molecule has 3 aliphatic heterocycles. The number of piperazine rings is 1. The average molecular weight is 742 g/mol. The van der Waals surface area contributed by atoms with Crippen LogP contribution in [0.5, 0.6) is 11.5 Å². The van der Waals surface area contributed by atoms with E-state index in [2.05, 4.69) is 98.7 Å². The molecule has 9 nitrogen and oxygen atoms in total. The number of ether oxygens (including phenoxy) is 2. The van der Waals surface area contributed by atoms with E-state index in [-0.39, 0.29) is 21.8 Å². The Morgan fingerprint density at radius 2 is 1.72 bits per heavy atom. The SMILES string of the molecule is CCC[C@@H]1c2cccc(CN3CCN(Cc4c(OC)cc(C5(C)CN(C)C(O)C(C)=C5C)cc4OC)CC34CC4)c2CCN1C/C(C#N)=C/C(C)(C)C.O. The van der Waals surface area contributed by atoms with Crippen molar-refractivity contribution in [3.63, 3.8) is 0 Å². The topological polar surface area (TPSA) is 107 Å². The molecule has 0 bridgehead atoms. The Hall–Kier alpha value is -3.23. The first-order chi connectivity index (χ1) is 25.2. The molecule has 296 valence electrons. The molecule has 2 aromatic rings. The number of nitriles is 1. The number of allylic oxidation sites excluding steroid dienone is 1. The minimum absolute atomic E-state index is 0. The van der Waals surface area contributed by atoms with Crippen LogP contribution in [0.1, 0.15) is 108 Å². The molecule has 4 aliphatic rings. The van der Waals surface area contributed by atoms with Crippen molar-refractivity contribution in [2.24, 2.45) is 5.41 Å². The molecule has 6 rings (SSSR count). The fourth-order valence-corrected chi connectivity index (χ4v) is 9.64. The summed E-state index contributed by atoms with van der Waals surface area (Å²) in [5.41, 5.74) is 9.78. The summed E-state index contributed by atoms with van der Waals surface area (Å²) in [5, 5.41) is 20.7. The number of aliphatic hydroxyl groups excluding tert-OH is 1. The number of methoxy groups -OCH3 is 2. The first-order valence-corrected chi connectivity index (χ1v) is 19.9. The van der Waals surface area contributed by atoms with Gasteiger partial charge in [-0.1, -0.05) is 70.9 Å². The van der Waals surface area contributed by atoms with E-state index >= 15 is 0 Å². The Balaban J connectivity index is 0.00000561. The first kappa shape index (κ1) is 41.9. The maximum absolute atomic E-state index is 10.7. The third kappa shape index (κ3) is 8.30. The second-order valence-electron chi connectivity index (χ2n) is 17.8. The van der Waals surface area contributed by atoms with Crippen LogP contribution in [0, 0.1) is 16.7 Å². The van der Waals surface area contributed by atoms with Crippen LogP contribution in [0.25, 0.3) is 0 Å². The molecule has 9 heteroatoms. The highest BCUT2D eigenvalue weighted by atomic mass is 16.5. The number of nitrogens with zero attached hydrogens (tertiary/aromatic N) is 5. The maximum atomic E-state index is 10.7. The van der Waals surface area contributed by atoms with E-state index in [0.717, 1.165) is 98.8 Å². The van der Waals surface area contributed by atoms with Gasteiger partial charge in [-0.15, -0.1) is 0 Å². The zero-order valence-electron chi connectivity index (χ0n) is 34.8. The summed E-state index contributed by atoms with van der Waals surface area (Å²) in [5.74, 6) is 1.74. The zero-order chi connectivity index (χ0) is 38.3. The van der Waals surface area contributed by atoms with Crippen LogP contribution in [0.3, 0.4) is 0 Å². The summed E-state index contributed by atoms with van der Waals surface area (Å²) in [4.78, 5) is 9.97. The molecule has 2 unspecified atom stereocenters. The highest BCUT2D eigenvalue weighted by Crippen LogP contribution is 2.48. The van der Waals surface area contributed by atoms with Crippen molar-refractivity contribution in [3.8, 4) is 17.6 Å². The molecule has 3 heterocycles. The largest absolute Gasteiger partial charge is 0.496 e. The second kappa shape index (κ2) is 16.5. The Morgan fingerprint density at radius 3 is 2.31 bits per heavy atom. The number of fused-ring (bicyclic) bond motifs is 1. The zero-order valence-corrected chi connectivity index (χ0v) is 34.8. The highest BCUT2D eigenvalue weighted by molar-refractivity contribution is 5.53. The predicted molar refractivity (Wildman–Crippen MR) is 218 cm³/mol. The number of benzene rings is 2. The fraction of sp³-hybridized carbons (Fsp3) is 0.622. The van der Waals surface area contributed by atoms with Crippen molar-refractivity contribution >= 4 is 0 Å². The minimum Gasteiger partial charge on any atom is -0.496 e. The maximum Gasteiger partial charge on any atom is 0.129 e. The van der Waals surface area contributed by atoms with Gasteiger partial charge in [0.25, 0.3) is 0 Å². The van der Waals surface area contributed by atoms with Crippen LogP contribution < -0.4 is 9.47 Å². The second-order valence-corrected chi connectivity index (χ2v) is 17.8. The molecular weight excluding hydrogens is 675 g/mol. The Labute approximate surface area is 325 Å². The average Bonchev–Trinajstić information content (AvgIpc) is 3.90. The molecule has 1 saturated carbocycles. The van der Waals surface area contributed by atoms with Crippen LogP contribution in [0.4, 0.5) is 0 Å². The summed E-state index contributed by atoms with van der Waals surface area (Å²) >= 11 is 0. The Bertz CT molecular complexity index is 1740. The number of rotatable bonds is 11. The van der Waals surface area contributed by atoms with Gasteiger partial charge in [0.05, 0.1) is 25.9 Å². The van der Waals surface area contributed by atoms with Gasteiger partial charge in [-0.25, -0.2) is 0 Å². The quantitative estimate of drug-likeness (QED) is 0.199. The molecule has 54 heavy (non-hydrogen) atoms. The third-order valence-electron chi connectivity index (χ3n) is 12.9. The smallest absolute Gasteiger partial charge is 0.129 e. The van der Waals surface area contributed by atoms with Crippen molar-refractivity contribution in [2.75, 3.05) is 60.5 Å². The van der Waals surface area contributed by atoms with Crippen LogP contribution in [0.15, 0.2) is 53.1 Å². The molecule has 3 N–H and O–H groups in total. The molecular formula is C45H67N5O4. The number of likely N-dealkylation sites (N-methyl/N-ethyl adjacent to an activating group) is 1. The van der Waals surface area contributed by atoms with Gasteiger partial charge < -0.3 is 20.1 Å². The first-order valence-electron chi connectivity index (χ1n) is 19.9. The molecule has 0 aromatic heterocycles. The molecule has 1 spiro atoms. The molecule has 1 saturated heterocycles. The van der Waals surface area contributed by atoms with Gasteiger partial charge >= 0.3 is 0 Å². The Morgan fingerprint density at radius 1 is 1.04 bits per heavy atom. The van der Waals surface area contributed by atoms with Crippen molar-refractivity contribution < 1.29 is 20.1 Å². The number of hydrogen-bond donors (Lipinski definition) is 1. The Kier molecular flexibility index (Phi) is 12.8. The van der Waals surface area contributed by atoms with Gasteiger partial charge in [-0.2, -0.15) is 5.26 Å². The molecule has 2 aromatic carbocycles. The molecule has 3 atom stereocenters. The summed E-state index contributed by atoms with van der Waals surface area (Å²) in [6.07, 6.45) is 7.33. The van der Waals surface area contributed by atoms with Crippen LogP contribution in [-0.4, -0.2) is 102 Å². The van der Waals surface area contributed by atoms with E-state index in [4.69, 9.17) is 9.47 Å². The lowest BCUT2D eigenvalue weighted by Crippen LogP contribution is -2.54. The van der Waals surface area contributed by atoms with E-state index in [0.29, 0.717) is 12.6 Å². The fourth-order valence-electron chi connectivity index (χ4n) is 9.64. The van der Waals surface area contributed by atoms with Crippen LogP contribution in [-0.2, 0) is 24.9 Å². The van der Waals surface area contributed by atoms with Gasteiger partial charge in [0, 0.05) is 74.9 Å². The summed E-state index contributed by atoms with van der Waals surface area (Å²) < 4.78 is 12.2. The predicted octanol–water partition coefficient (Wildman–Crippen LogP) is 6.78. The van der Waals surface area contributed by atoms with Gasteiger partial charge in [0.1, 0.15) is 17.7 Å².